The van der Waals surface area contributed by atoms with Crippen LogP contribution in [0.2, 0.25) is 10.0 Å². The highest BCUT2D eigenvalue weighted by molar-refractivity contribution is 6.35. The summed E-state index contributed by atoms with van der Waals surface area (Å²) in [6.07, 6.45) is -4.36. The van der Waals surface area contributed by atoms with Crippen LogP contribution in [0.5, 0.6) is 0 Å². The van der Waals surface area contributed by atoms with Gasteiger partial charge in [0.05, 0.1) is 12.1 Å². The number of alkyl halides is 3. The van der Waals surface area contributed by atoms with E-state index >= 15 is 0 Å². The molecule has 1 aliphatic rings. The number of nitrogens with one attached hydrogen (secondary N) is 1. The van der Waals surface area contributed by atoms with Crippen LogP contribution in [-0.2, 0) is 11.0 Å². The highest BCUT2D eigenvalue weighted by Gasteiger charge is 2.31. The molecule has 2 aromatic carbocycles. The van der Waals surface area contributed by atoms with Crippen molar-refractivity contribution >= 4 is 40.5 Å². The van der Waals surface area contributed by atoms with Crippen LogP contribution in [0.15, 0.2) is 42.5 Å². The first-order valence-corrected chi connectivity index (χ1v) is 9.37. The monoisotopic (exact) mass is 431 g/mol. The molecule has 1 N–H and O–H groups in total. The van der Waals surface area contributed by atoms with Crippen LogP contribution >= 0.6 is 23.2 Å². The summed E-state index contributed by atoms with van der Waals surface area (Å²) in [5, 5.41) is 3.61. The molecule has 2 aromatic rings. The fraction of sp³-hybridized carbons (Fsp3) is 0.316. The molecule has 0 aliphatic carbocycles. The molecule has 1 saturated heterocycles. The molecule has 28 heavy (non-hydrogen) atoms. The number of hydrogen-bond donors (Lipinski definition) is 1. The quantitative estimate of drug-likeness (QED) is 0.756. The Bertz CT molecular complexity index is 832. The van der Waals surface area contributed by atoms with E-state index in [1.54, 1.807) is 24.3 Å². The summed E-state index contributed by atoms with van der Waals surface area (Å²) in [4.78, 5) is 16.1. The molecule has 9 heteroatoms. The third-order valence-electron chi connectivity index (χ3n) is 4.42. The Morgan fingerprint density at radius 1 is 1.00 bits per heavy atom. The number of carbonyl (C=O) groups excluding carboxylic acids is 1. The number of anilines is 2. The van der Waals surface area contributed by atoms with Gasteiger partial charge in [-0.2, -0.15) is 13.2 Å². The summed E-state index contributed by atoms with van der Waals surface area (Å²) in [5.74, 6) is -0.203. The molecule has 0 saturated carbocycles. The fourth-order valence-corrected chi connectivity index (χ4v) is 3.60. The lowest BCUT2D eigenvalue weighted by atomic mass is 10.1. The molecule has 0 aromatic heterocycles. The molecule has 1 amide bonds. The van der Waals surface area contributed by atoms with E-state index in [1.807, 2.05) is 9.80 Å². The topological polar surface area (TPSA) is 35.6 Å². The van der Waals surface area contributed by atoms with Crippen LogP contribution < -0.4 is 10.2 Å². The number of carbonyl (C=O) groups is 1. The lowest BCUT2D eigenvalue weighted by Crippen LogP contribution is -2.48. The molecule has 4 nitrogen and oxygen atoms in total. The molecule has 1 heterocycles. The summed E-state index contributed by atoms with van der Waals surface area (Å²) in [5.41, 5.74) is 0.393. The van der Waals surface area contributed by atoms with E-state index in [-0.39, 0.29) is 12.5 Å². The van der Waals surface area contributed by atoms with Crippen molar-refractivity contribution in [1.82, 2.24) is 4.90 Å². The maximum Gasteiger partial charge on any atom is 0.416 e. The Labute approximate surface area is 170 Å². The lowest BCUT2D eigenvalue weighted by molar-refractivity contribution is -0.137. The minimum atomic E-state index is -4.36. The van der Waals surface area contributed by atoms with E-state index in [2.05, 4.69) is 5.32 Å². The van der Waals surface area contributed by atoms with Gasteiger partial charge >= 0.3 is 6.18 Å². The molecule has 0 bridgehead atoms. The standard InChI is InChI=1S/C19H18Cl2F3N3O/c20-14-9-15(21)11-16(10-14)25-18(28)12-26-4-6-27(7-5-26)17-3-1-2-13(8-17)19(22,23)24/h1-3,8-11H,4-7,12H2,(H,25,28). The van der Waals surface area contributed by atoms with Gasteiger partial charge in [0, 0.05) is 47.6 Å². The normalized spacial score (nSPS) is 15.5. The van der Waals surface area contributed by atoms with E-state index in [0.717, 1.165) is 12.1 Å². The minimum absolute atomic E-state index is 0.181. The number of benzene rings is 2. The van der Waals surface area contributed by atoms with Gasteiger partial charge in [-0.25, -0.2) is 0 Å². The third-order valence-corrected chi connectivity index (χ3v) is 4.86. The maximum atomic E-state index is 12.9. The van der Waals surface area contributed by atoms with Crippen molar-refractivity contribution in [1.29, 1.82) is 0 Å². The van der Waals surface area contributed by atoms with Gasteiger partial charge in [0.25, 0.3) is 0 Å². The number of rotatable bonds is 4. The van der Waals surface area contributed by atoms with Crippen LogP contribution in [0.3, 0.4) is 0 Å². The van der Waals surface area contributed by atoms with Crippen LogP contribution in [0.25, 0.3) is 0 Å². The smallest absolute Gasteiger partial charge is 0.369 e. The molecule has 1 fully saturated rings. The molecule has 0 atom stereocenters. The highest BCUT2D eigenvalue weighted by atomic mass is 35.5. The highest BCUT2D eigenvalue weighted by Crippen LogP contribution is 2.32. The zero-order valence-corrected chi connectivity index (χ0v) is 16.3. The van der Waals surface area contributed by atoms with E-state index in [9.17, 15) is 18.0 Å². The average Bonchev–Trinajstić information content (AvgIpc) is 2.61. The molecule has 1 aliphatic heterocycles. The van der Waals surface area contributed by atoms with Gasteiger partial charge in [0.15, 0.2) is 0 Å². The summed E-state index contributed by atoms with van der Waals surface area (Å²) in [6, 6.07) is 10.1. The van der Waals surface area contributed by atoms with E-state index in [0.29, 0.717) is 47.6 Å². The second-order valence-corrected chi connectivity index (χ2v) is 7.39. The summed E-state index contributed by atoms with van der Waals surface area (Å²) in [7, 11) is 0. The van der Waals surface area contributed by atoms with Crippen LogP contribution in [0.1, 0.15) is 5.56 Å². The van der Waals surface area contributed by atoms with Crippen molar-refractivity contribution in [2.45, 2.75) is 6.18 Å². The van der Waals surface area contributed by atoms with Crippen molar-refractivity contribution < 1.29 is 18.0 Å². The maximum absolute atomic E-state index is 12.9. The number of piperazine rings is 1. The molecular formula is C19H18Cl2F3N3O. The van der Waals surface area contributed by atoms with Gasteiger partial charge in [-0.3, -0.25) is 9.69 Å². The first-order chi connectivity index (χ1) is 13.2. The Hall–Kier alpha value is -1.96. The van der Waals surface area contributed by atoms with Crippen LogP contribution in [0.4, 0.5) is 24.5 Å². The zero-order valence-electron chi connectivity index (χ0n) is 14.8. The molecule has 0 unspecified atom stereocenters. The number of amides is 1. The number of halogens is 5. The van der Waals surface area contributed by atoms with Gasteiger partial charge in [-0.05, 0) is 36.4 Å². The molecule has 0 radical (unpaired) electrons. The van der Waals surface area contributed by atoms with Gasteiger partial charge in [-0.15, -0.1) is 0 Å². The predicted octanol–water partition coefficient (Wildman–Crippen LogP) is 4.77. The van der Waals surface area contributed by atoms with Crippen molar-refractivity contribution in [2.75, 3.05) is 42.9 Å². The second-order valence-electron chi connectivity index (χ2n) is 6.52. The average molecular weight is 432 g/mol. The predicted molar refractivity (Wildman–Crippen MR) is 105 cm³/mol. The Morgan fingerprint density at radius 3 is 2.25 bits per heavy atom. The first kappa shape index (κ1) is 20.8. The summed E-state index contributed by atoms with van der Waals surface area (Å²) < 4.78 is 38.6. The minimum Gasteiger partial charge on any atom is -0.369 e. The van der Waals surface area contributed by atoms with Crippen LogP contribution in [-0.4, -0.2) is 43.5 Å². The number of nitrogens with zero attached hydrogens (tertiary/aromatic N) is 2. The summed E-state index contributed by atoms with van der Waals surface area (Å²) in [6.45, 7) is 2.40. The van der Waals surface area contributed by atoms with Gasteiger partial charge in [-0.1, -0.05) is 29.3 Å². The molecule has 150 valence electrons. The molecule has 0 spiro atoms. The van der Waals surface area contributed by atoms with Crippen molar-refractivity contribution in [3.05, 3.63) is 58.1 Å². The molecular weight excluding hydrogens is 414 g/mol. The molecule has 3 rings (SSSR count). The van der Waals surface area contributed by atoms with Gasteiger partial charge in [0.1, 0.15) is 0 Å². The van der Waals surface area contributed by atoms with Gasteiger partial charge < -0.3 is 10.2 Å². The van der Waals surface area contributed by atoms with Gasteiger partial charge in [0.2, 0.25) is 5.91 Å². The fourth-order valence-electron chi connectivity index (χ4n) is 3.07. The van der Waals surface area contributed by atoms with E-state index in [4.69, 9.17) is 23.2 Å². The number of hydrogen-bond acceptors (Lipinski definition) is 3. The second kappa shape index (κ2) is 8.59. The summed E-state index contributed by atoms with van der Waals surface area (Å²) >= 11 is 11.8. The first-order valence-electron chi connectivity index (χ1n) is 8.61. The Morgan fingerprint density at radius 2 is 1.64 bits per heavy atom. The van der Waals surface area contributed by atoms with Crippen molar-refractivity contribution in [3.63, 3.8) is 0 Å². The van der Waals surface area contributed by atoms with Crippen LogP contribution in [0, 0.1) is 0 Å². The SMILES string of the molecule is O=C(CN1CCN(c2cccc(C(F)(F)F)c2)CC1)Nc1cc(Cl)cc(Cl)c1. The zero-order chi connectivity index (χ0) is 20.3. The van der Waals surface area contributed by atoms with E-state index in [1.165, 1.54) is 6.07 Å². The third kappa shape index (κ3) is 5.53. The van der Waals surface area contributed by atoms with E-state index < -0.39 is 11.7 Å². The Kier molecular flexibility index (Phi) is 6.37. The van der Waals surface area contributed by atoms with Crippen molar-refractivity contribution in [3.8, 4) is 0 Å². The Balaban J connectivity index is 1.53. The van der Waals surface area contributed by atoms with Crippen molar-refractivity contribution in [2.24, 2.45) is 0 Å². The lowest BCUT2D eigenvalue weighted by Gasteiger charge is -2.36. The largest absolute Gasteiger partial charge is 0.416 e.